The Balaban J connectivity index is 1.51. The summed E-state index contributed by atoms with van der Waals surface area (Å²) in [5, 5.41) is 2.92. The minimum Gasteiger partial charge on any atom is -0.351 e. The number of rotatable bonds is 7. The van der Waals surface area contributed by atoms with Crippen LogP contribution in [0.5, 0.6) is 0 Å². The normalized spacial score (nSPS) is 15.8. The van der Waals surface area contributed by atoms with Gasteiger partial charge in [-0.15, -0.1) is 0 Å². The Morgan fingerprint density at radius 1 is 0.966 bits per heavy atom. The first-order chi connectivity index (χ1) is 13.8. The van der Waals surface area contributed by atoms with Crippen molar-refractivity contribution < 1.29 is 13.2 Å². The van der Waals surface area contributed by atoms with Crippen molar-refractivity contribution in [3.63, 3.8) is 0 Å². The molecule has 1 heterocycles. The molecule has 2 aromatic carbocycles. The van der Waals surface area contributed by atoms with Crippen molar-refractivity contribution in [2.45, 2.75) is 11.8 Å². The van der Waals surface area contributed by atoms with E-state index in [1.807, 2.05) is 6.92 Å². The van der Waals surface area contributed by atoms with E-state index >= 15 is 0 Å². The van der Waals surface area contributed by atoms with Gasteiger partial charge in [0.15, 0.2) is 0 Å². The summed E-state index contributed by atoms with van der Waals surface area (Å²) in [7, 11) is -1.54. The van der Waals surface area contributed by atoms with Gasteiger partial charge in [-0.3, -0.25) is 14.4 Å². The van der Waals surface area contributed by atoms with Crippen LogP contribution in [-0.4, -0.2) is 70.4 Å². The zero-order valence-electron chi connectivity index (χ0n) is 16.9. The fourth-order valence-electron chi connectivity index (χ4n) is 3.12. The van der Waals surface area contributed by atoms with Crippen LogP contribution in [0, 0.1) is 6.92 Å². The number of hydrogen-bond donors (Lipinski definition) is 2. The molecule has 0 aliphatic carbocycles. The molecule has 8 heteroatoms. The number of piperazine rings is 1. The number of hydrogen-bond acceptors (Lipinski definition) is 5. The number of nitrogens with zero attached hydrogens (tertiary/aromatic N) is 2. The first-order valence-corrected chi connectivity index (χ1v) is 11.2. The van der Waals surface area contributed by atoms with Gasteiger partial charge in [-0.25, -0.2) is 8.42 Å². The van der Waals surface area contributed by atoms with Crippen LogP contribution >= 0.6 is 0 Å². The van der Waals surface area contributed by atoms with Gasteiger partial charge in [0.05, 0.1) is 4.90 Å². The molecule has 0 atom stereocenters. The molecule has 1 saturated heterocycles. The average Bonchev–Trinajstić information content (AvgIpc) is 2.70. The maximum absolute atomic E-state index is 12.4. The Hall–Kier alpha value is -2.42. The molecular formula is C21H28N4O3S. The van der Waals surface area contributed by atoms with Gasteiger partial charge in [-0.1, -0.05) is 17.7 Å². The summed E-state index contributed by atoms with van der Waals surface area (Å²) in [6.07, 6.45) is 0. The van der Waals surface area contributed by atoms with Crippen LogP contribution < -0.4 is 10.0 Å². The molecule has 29 heavy (non-hydrogen) atoms. The average molecular weight is 417 g/mol. The predicted molar refractivity (Wildman–Crippen MR) is 115 cm³/mol. The van der Waals surface area contributed by atoms with Crippen molar-refractivity contribution in [1.29, 1.82) is 0 Å². The van der Waals surface area contributed by atoms with E-state index in [0.717, 1.165) is 38.3 Å². The molecule has 0 saturated carbocycles. The smallest absolute Gasteiger partial charge is 0.261 e. The van der Waals surface area contributed by atoms with E-state index in [-0.39, 0.29) is 10.8 Å². The standard InChI is InChI=1S/C21H28N4O3S/c1-17-3-9-20(10-4-17)29(27,28)23-19-7-5-18(6-8-19)21(26)22-11-12-25-15-13-24(2)14-16-25/h3-10,23H,11-16H2,1-2H3,(H,22,26). The molecule has 0 radical (unpaired) electrons. The second-order valence-corrected chi connectivity index (χ2v) is 9.08. The number of carbonyl (C=O) groups excluding carboxylic acids is 1. The molecule has 0 unspecified atom stereocenters. The maximum Gasteiger partial charge on any atom is 0.261 e. The molecular weight excluding hydrogens is 388 g/mol. The van der Waals surface area contributed by atoms with E-state index in [1.54, 1.807) is 48.5 Å². The van der Waals surface area contributed by atoms with Gasteiger partial charge in [-0.2, -0.15) is 0 Å². The van der Waals surface area contributed by atoms with Crippen molar-refractivity contribution in [2.24, 2.45) is 0 Å². The fraction of sp³-hybridized carbons (Fsp3) is 0.381. The Kier molecular flexibility index (Phi) is 6.89. The van der Waals surface area contributed by atoms with Crippen LogP contribution in [0.4, 0.5) is 5.69 Å². The van der Waals surface area contributed by atoms with Crippen LogP contribution in [0.15, 0.2) is 53.4 Å². The second kappa shape index (κ2) is 9.39. The topological polar surface area (TPSA) is 81.7 Å². The maximum atomic E-state index is 12.4. The first-order valence-electron chi connectivity index (χ1n) is 9.72. The highest BCUT2D eigenvalue weighted by atomic mass is 32.2. The Bertz CT molecular complexity index is 919. The summed E-state index contributed by atoms with van der Waals surface area (Å²) < 4.78 is 27.4. The number of amides is 1. The minimum absolute atomic E-state index is 0.160. The molecule has 1 amide bonds. The number of carbonyl (C=O) groups is 1. The van der Waals surface area contributed by atoms with E-state index < -0.39 is 10.0 Å². The van der Waals surface area contributed by atoms with Crippen molar-refractivity contribution in [2.75, 3.05) is 51.0 Å². The summed E-state index contributed by atoms with van der Waals surface area (Å²) >= 11 is 0. The third-order valence-corrected chi connectivity index (χ3v) is 6.44. The second-order valence-electron chi connectivity index (χ2n) is 7.40. The predicted octanol–water partition coefficient (Wildman–Crippen LogP) is 1.77. The molecule has 7 nitrogen and oxygen atoms in total. The molecule has 0 spiro atoms. The third kappa shape index (κ3) is 6.03. The lowest BCUT2D eigenvalue weighted by Gasteiger charge is -2.32. The highest BCUT2D eigenvalue weighted by Gasteiger charge is 2.15. The Morgan fingerprint density at radius 2 is 1.59 bits per heavy atom. The van der Waals surface area contributed by atoms with Crippen molar-refractivity contribution >= 4 is 21.6 Å². The molecule has 0 bridgehead atoms. The number of benzene rings is 2. The molecule has 156 valence electrons. The molecule has 0 aromatic heterocycles. The zero-order chi connectivity index (χ0) is 20.9. The summed E-state index contributed by atoms with van der Waals surface area (Å²) in [4.78, 5) is 17.1. The van der Waals surface area contributed by atoms with Crippen molar-refractivity contribution in [3.05, 3.63) is 59.7 Å². The van der Waals surface area contributed by atoms with E-state index in [0.29, 0.717) is 17.8 Å². The molecule has 1 aliphatic heterocycles. The number of sulfonamides is 1. The summed E-state index contributed by atoms with van der Waals surface area (Å²) in [6, 6.07) is 13.1. The number of anilines is 1. The monoisotopic (exact) mass is 416 g/mol. The first kappa shape index (κ1) is 21.3. The number of likely N-dealkylation sites (N-methyl/N-ethyl adjacent to an activating group) is 1. The summed E-state index contributed by atoms with van der Waals surface area (Å²) in [5.74, 6) is -0.160. The van der Waals surface area contributed by atoms with Gasteiger partial charge in [-0.05, 0) is 50.4 Å². The zero-order valence-corrected chi connectivity index (χ0v) is 17.7. The van der Waals surface area contributed by atoms with Crippen LogP contribution in [0.3, 0.4) is 0 Å². The van der Waals surface area contributed by atoms with Crippen LogP contribution in [0.1, 0.15) is 15.9 Å². The van der Waals surface area contributed by atoms with Gasteiger partial charge < -0.3 is 10.2 Å². The molecule has 3 rings (SSSR count). The molecule has 2 N–H and O–H groups in total. The lowest BCUT2D eigenvalue weighted by Crippen LogP contribution is -2.46. The lowest BCUT2D eigenvalue weighted by atomic mass is 10.2. The Labute approximate surface area is 172 Å². The van der Waals surface area contributed by atoms with Crippen LogP contribution in [0.2, 0.25) is 0 Å². The van der Waals surface area contributed by atoms with Crippen LogP contribution in [0.25, 0.3) is 0 Å². The Morgan fingerprint density at radius 3 is 2.21 bits per heavy atom. The molecule has 1 fully saturated rings. The quantitative estimate of drug-likeness (QED) is 0.719. The third-order valence-electron chi connectivity index (χ3n) is 5.04. The number of nitrogens with one attached hydrogen (secondary N) is 2. The summed E-state index contributed by atoms with van der Waals surface area (Å²) in [5.41, 5.74) is 1.91. The van der Waals surface area contributed by atoms with E-state index in [4.69, 9.17) is 0 Å². The van der Waals surface area contributed by atoms with E-state index in [1.165, 1.54) is 0 Å². The molecule has 2 aromatic rings. The van der Waals surface area contributed by atoms with Gasteiger partial charge in [0.2, 0.25) is 0 Å². The summed E-state index contributed by atoms with van der Waals surface area (Å²) in [6.45, 7) is 7.45. The minimum atomic E-state index is -3.65. The fourth-order valence-corrected chi connectivity index (χ4v) is 4.18. The van der Waals surface area contributed by atoms with Gasteiger partial charge >= 0.3 is 0 Å². The highest BCUT2D eigenvalue weighted by Crippen LogP contribution is 2.17. The van der Waals surface area contributed by atoms with Crippen molar-refractivity contribution in [3.8, 4) is 0 Å². The lowest BCUT2D eigenvalue weighted by molar-refractivity contribution is 0.0941. The van der Waals surface area contributed by atoms with Gasteiger partial charge in [0, 0.05) is 50.5 Å². The van der Waals surface area contributed by atoms with E-state index in [2.05, 4.69) is 26.9 Å². The number of aryl methyl sites for hydroxylation is 1. The van der Waals surface area contributed by atoms with Crippen molar-refractivity contribution in [1.82, 2.24) is 15.1 Å². The largest absolute Gasteiger partial charge is 0.351 e. The van der Waals surface area contributed by atoms with Gasteiger partial charge in [0.25, 0.3) is 15.9 Å². The van der Waals surface area contributed by atoms with Crippen LogP contribution in [-0.2, 0) is 10.0 Å². The SMILES string of the molecule is Cc1ccc(S(=O)(=O)Nc2ccc(C(=O)NCCN3CCN(C)CC3)cc2)cc1. The molecule has 1 aliphatic rings. The highest BCUT2D eigenvalue weighted by molar-refractivity contribution is 7.92. The van der Waals surface area contributed by atoms with E-state index in [9.17, 15) is 13.2 Å². The van der Waals surface area contributed by atoms with Gasteiger partial charge in [0.1, 0.15) is 0 Å².